The number of aliphatic imine (C=N–C) groups is 1. The summed E-state index contributed by atoms with van der Waals surface area (Å²) in [5, 5.41) is 3.32. The fourth-order valence-corrected chi connectivity index (χ4v) is 3.30. The molecule has 0 radical (unpaired) electrons. The summed E-state index contributed by atoms with van der Waals surface area (Å²) in [4.78, 5) is 11.7. The van der Waals surface area contributed by atoms with Crippen molar-refractivity contribution in [2.24, 2.45) is 4.99 Å². The number of halogens is 2. The van der Waals surface area contributed by atoms with E-state index in [9.17, 15) is 8.78 Å². The highest BCUT2D eigenvalue weighted by Gasteiger charge is 2.13. The van der Waals surface area contributed by atoms with Gasteiger partial charge in [0.05, 0.1) is 0 Å². The molecule has 0 aliphatic carbocycles. The molecular weight excluding hydrogens is 376 g/mol. The van der Waals surface area contributed by atoms with Gasteiger partial charge in [0.1, 0.15) is 5.75 Å². The molecule has 1 N–H and O–H groups in total. The Hall–Kier alpha value is -1.93. The number of nitrogens with zero attached hydrogens (tertiary/aromatic N) is 4. The zero-order valence-electron chi connectivity index (χ0n) is 17.9. The average Bonchev–Trinajstić information content (AvgIpc) is 2.69. The van der Waals surface area contributed by atoms with E-state index in [4.69, 9.17) is 4.99 Å². The number of alkyl halides is 2. The van der Waals surface area contributed by atoms with Crippen molar-refractivity contribution >= 4 is 5.96 Å². The highest BCUT2D eigenvalue weighted by molar-refractivity contribution is 5.79. The number of nitrogens with one attached hydrogen (secondary N) is 1. The summed E-state index contributed by atoms with van der Waals surface area (Å²) in [5.74, 6) is 1.03. The van der Waals surface area contributed by atoms with Crippen LogP contribution in [0.3, 0.4) is 0 Å². The van der Waals surface area contributed by atoms with E-state index in [0.29, 0.717) is 6.54 Å². The first-order valence-corrected chi connectivity index (χ1v) is 10.4. The maximum absolute atomic E-state index is 12.3. The summed E-state index contributed by atoms with van der Waals surface area (Å²) in [7, 11) is 4.16. The monoisotopic (exact) mass is 411 g/mol. The van der Waals surface area contributed by atoms with Gasteiger partial charge in [0.25, 0.3) is 0 Å². The van der Waals surface area contributed by atoms with E-state index in [0.717, 1.165) is 70.2 Å². The molecule has 1 aromatic rings. The van der Waals surface area contributed by atoms with E-state index in [1.54, 1.807) is 24.3 Å². The summed E-state index contributed by atoms with van der Waals surface area (Å²) in [6, 6.07) is 6.73. The molecule has 6 nitrogen and oxygen atoms in total. The van der Waals surface area contributed by atoms with Crippen LogP contribution in [0.1, 0.15) is 25.3 Å². The van der Waals surface area contributed by atoms with Crippen molar-refractivity contribution in [2.75, 3.05) is 59.9 Å². The van der Waals surface area contributed by atoms with Crippen LogP contribution in [0, 0.1) is 0 Å². The number of rotatable bonds is 10. The highest BCUT2D eigenvalue weighted by atomic mass is 19.3. The van der Waals surface area contributed by atoms with Crippen LogP contribution in [0.2, 0.25) is 0 Å². The van der Waals surface area contributed by atoms with Crippen molar-refractivity contribution in [2.45, 2.75) is 32.9 Å². The Bertz CT molecular complexity index is 604. The third kappa shape index (κ3) is 8.95. The van der Waals surface area contributed by atoms with Gasteiger partial charge in [-0.1, -0.05) is 12.1 Å². The van der Waals surface area contributed by atoms with Crippen LogP contribution < -0.4 is 10.1 Å². The maximum atomic E-state index is 12.3. The van der Waals surface area contributed by atoms with Crippen molar-refractivity contribution in [3.8, 4) is 5.75 Å². The van der Waals surface area contributed by atoms with Gasteiger partial charge >= 0.3 is 6.61 Å². The predicted octanol–water partition coefficient (Wildman–Crippen LogP) is 2.71. The molecule has 164 valence electrons. The normalized spacial score (nSPS) is 16.3. The van der Waals surface area contributed by atoms with Gasteiger partial charge in [0.15, 0.2) is 5.96 Å². The second-order valence-corrected chi connectivity index (χ2v) is 7.47. The Morgan fingerprint density at radius 1 is 1.17 bits per heavy atom. The molecule has 29 heavy (non-hydrogen) atoms. The molecule has 1 aromatic carbocycles. The first kappa shape index (κ1) is 23.3. The van der Waals surface area contributed by atoms with Crippen LogP contribution in [-0.4, -0.2) is 87.2 Å². The van der Waals surface area contributed by atoms with Gasteiger partial charge < -0.3 is 24.8 Å². The van der Waals surface area contributed by atoms with Gasteiger partial charge in [0.2, 0.25) is 0 Å². The van der Waals surface area contributed by atoms with Gasteiger partial charge in [-0.05, 0) is 51.1 Å². The van der Waals surface area contributed by atoms with Gasteiger partial charge in [-0.2, -0.15) is 8.78 Å². The van der Waals surface area contributed by atoms with E-state index in [-0.39, 0.29) is 5.75 Å². The van der Waals surface area contributed by atoms with Gasteiger partial charge in [0, 0.05) is 52.9 Å². The summed E-state index contributed by atoms with van der Waals surface area (Å²) in [6.07, 6.45) is 2.22. The number of unbranched alkanes of at least 4 members (excludes halogenated alkanes) is 1. The predicted molar refractivity (Wildman–Crippen MR) is 114 cm³/mol. The largest absolute Gasteiger partial charge is 0.435 e. The molecule has 0 spiro atoms. The Morgan fingerprint density at radius 3 is 2.48 bits per heavy atom. The van der Waals surface area contributed by atoms with E-state index in [2.05, 4.69) is 26.9 Å². The Labute approximate surface area is 173 Å². The lowest BCUT2D eigenvalue weighted by Gasteiger charge is -2.32. The molecule has 0 aromatic heterocycles. The fourth-order valence-electron chi connectivity index (χ4n) is 3.30. The van der Waals surface area contributed by atoms with Crippen molar-refractivity contribution in [3.05, 3.63) is 29.8 Å². The van der Waals surface area contributed by atoms with Crippen molar-refractivity contribution < 1.29 is 13.5 Å². The van der Waals surface area contributed by atoms with Gasteiger partial charge in [-0.15, -0.1) is 0 Å². The van der Waals surface area contributed by atoms with Gasteiger partial charge in [-0.25, -0.2) is 0 Å². The first-order chi connectivity index (χ1) is 14.0. The number of hydrogen-bond acceptors (Lipinski definition) is 4. The van der Waals surface area contributed by atoms with E-state index < -0.39 is 6.61 Å². The number of piperazine rings is 1. The van der Waals surface area contributed by atoms with Gasteiger partial charge in [-0.3, -0.25) is 4.99 Å². The Morgan fingerprint density at radius 2 is 1.86 bits per heavy atom. The molecule has 0 saturated carbocycles. The number of likely N-dealkylation sites (N-methyl/N-ethyl adjacent to an activating group) is 1. The standard InChI is InChI=1S/C21H35F2N5O/c1-4-24-21(25-11-5-6-12-28-15-13-26(2)14-16-28)27(3)17-18-7-9-19(10-8-18)29-20(22)23/h7-10,20H,4-6,11-17H2,1-3H3,(H,24,25). The quantitative estimate of drug-likeness (QED) is 0.364. The third-order valence-corrected chi connectivity index (χ3v) is 5.00. The number of ether oxygens (including phenoxy) is 1. The van der Waals surface area contributed by atoms with Crippen LogP contribution in [-0.2, 0) is 6.54 Å². The molecule has 1 saturated heterocycles. The molecule has 2 rings (SSSR count). The average molecular weight is 412 g/mol. The lowest BCUT2D eigenvalue weighted by molar-refractivity contribution is -0.0498. The molecule has 0 bridgehead atoms. The highest BCUT2D eigenvalue weighted by Crippen LogP contribution is 2.15. The van der Waals surface area contributed by atoms with E-state index in [1.165, 1.54) is 0 Å². The molecule has 0 unspecified atom stereocenters. The minimum absolute atomic E-state index is 0.173. The van der Waals surface area contributed by atoms with E-state index >= 15 is 0 Å². The molecule has 1 heterocycles. The lowest BCUT2D eigenvalue weighted by Crippen LogP contribution is -2.44. The summed E-state index contributed by atoms with van der Waals surface area (Å²) in [5.41, 5.74) is 1.01. The maximum Gasteiger partial charge on any atom is 0.387 e. The SMILES string of the molecule is CCNC(=NCCCCN1CCN(C)CC1)N(C)Cc1ccc(OC(F)F)cc1. The number of guanidine groups is 1. The van der Waals surface area contributed by atoms with Crippen LogP contribution in [0.4, 0.5) is 8.78 Å². The molecule has 1 aliphatic heterocycles. The zero-order valence-corrected chi connectivity index (χ0v) is 17.9. The summed E-state index contributed by atoms with van der Waals surface area (Å²) >= 11 is 0. The topological polar surface area (TPSA) is 43.3 Å². The van der Waals surface area contributed by atoms with Crippen LogP contribution >= 0.6 is 0 Å². The molecule has 1 fully saturated rings. The first-order valence-electron chi connectivity index (χ1n) is 10.4. The fraction of sp³-hybridized carbons (Fsp3) is 0.667. The summed E-state index contributed by atoms with van der Waals surface area (Å²) < 4.78 is 28.9. The lowest BCUT2D eigenvalue weighted by atomic mass is 10.2. The molecule has 0 atom stereocenters. The van der Waals surface area contributed by atoms with Crippen LogP contribution in [0.5, 0.6) is 5.75 Å². The second-order valence-electron chi connectivity index (χ2n) is 7.47. The third-order valence-electron chi connectivity index (χ3n) is 5.00. The van der Waals surface area contributed by atoms with Crippen molar-refractivity contribution in [3.63, 3.8) is 0 Å². The summed E-state index contributed by atoms with van der Waals surface area (Å²) in [6.45, 7) is 7.25. The molecule has 1 aliphatic rings. The molecule has 8 heteroatoms. The second kappa shape index (κ2) is 12.6. The van der Waals surface area contributed by atoms with Crippen LogP contribution in [0.25, 0.3) is 0 Å². The van der Waals surface area contributed by atoms with Crippen LogP contribution in [0.15, 0.2) is 29.3 Å². The smallest absolute Gasteiger partial charge is 0.387 e. The molecule has 0 amide bonds. The van der Waals surface area contributed by atoms with E-state index in [1.807, 2.05) is 18.9 Å². The Balaban J connectivity index is 1.76. The zero-order chi connectivity index (χ0) is 21.1. The van der Waals surface area contributed by atoms with Crippen molar-refractivity contribution in [1.82, 2.24) is 20.0 Å². The van der Waals surface area contributed by atoms with Crippen molar-refractivity contribution in [1.29, 1.82) is 0 Å². The number of benzene rings is 1. The Kier molecular flexibility index (Phi) is 10.1. The minimum Gasteiger partial charge on any atom is -0.435 e. The molecular formula is C21H35F2N5O. The number of hydrogen-bond donors (Lipinski definition) is 1. The minimum atomic E-state index is -2.80.